The van der Waals surface area contributed by atoms with Crippen LogP contribution in [0.15, 0.2) is 12.5 Å². The molecule has 0 spiro atoms. The third-order valence-corrected chi connectivity index (χ3v) is 3.32. The molecule has 0 amide bonds. The molecule has 2 aromatic rings. The molecule has 0 aliphatic carbocycles. The zero-order chi connectivity index (χ0) is 15.9. The molecule has 10 heteroatoms. The van der Waals surface area contributed by atoms with Gasteiger partial charge in [-0.05, 0) is 6.42 Å². The van der Waals surface area contributed by atoms with Crippen molar-refractivity contribution in [2.75, 3.05) is 5.73 Å². The number of cyclic esters (lactones) is 2. The van der Waals surface area contributed by atoms with E-state index >= 15 is 0 Å². The first-order valence-corrected chi connectivity index (χ1v) is 6.75. The molecule has 9 nitrogen and oxygen atoms in total. The molecule has 1 aliphatic heterocycles. The standard InChI is InChI=1S/C13H15N5O4.K/c1-13(2)21-10(19)7(11(20)22-13)3-4-18-6-16-9-8(18)5-15-12(14)17-9;/h5-7H,3-4H2,1-2H3,(H2,14,15,17);. The van der Waals surface area contributed by atoms with E-state index in [4.69, 9.17) is 15.2 Å². The molecule has 0 saturated carbocycles. The van der Waals surface area contributed by atoms with Crippen molar-refractivity contribution in [3.05, 3.63) is 12.5 Å². The summed E-state index contributed by atoms with van der Waals surface area (Å²) in [6.45, 7) is 3.41. The van der Waals surface area contributed by atoms with Crippen molar-refractivity contribution in [2.24, 2.45) is 5.92 Å². The van der Waals surface area contributed by atoms with Crippen LogP contribution in [0.25, 0.3) is 11.2 Å². The molecule has 3 rings (SSSR count). The van der Waals surface area contributed by atoms with Crippen LogP contribution in [0.4, 0.5) is 5.95 Å². The van der Waals surface area contributed by atoms with E-state index in [2.05, 4.69) is 15.0 Å². The average Bonchev–Trinajstić information content (AvgIpc) is 2.78. The maximum Gasteiger partial charge on any atom is 0.323 e. The maximum absolute atomic E-state index is 11.9. The molecule has 1 aliphatic rings. The third kappa shape index (κ3) is 3.88. The van der Waals surface area contributed by atoms with E-state index in [0.717, 1.165) is 0 Å². The van der Waals surface area contributed by atoms with Crippen LogP contribution >= 0.6 is 0 Å². The van der Waals surface area contributed by atoms with Gasteiger partial charge in [-0.1, -0.05) is 0 Å². The predicted molar refractivity (Wildman–Crippen MR) is 79.9 cm³/mol. The summed E-state index contributed by atoms with van der Waals surface area (Å²) in [6, 6.07) is 0. The van der Waals surface area contributed by atoms with Gasteiger partial charge >= 0.3 is 11.9 Å². The number of imidazole rings is 1. The van der Waals surface area contributed by atoms with Crippen LogP contribution in [0.1, 0.15) is 20.3 Å². The summed E-state index contributed by atoms with van der Waals surface area (Å²) in [5, 5.41) is 0. The first kappa shape index (κ1) is 18.3. The number of hydrogen-bond donors (Lipinski definition) is 1. The molecule has 117 valence electrons. The topological polar surface area (TPSA) is 122 Å². The van der Waals surface area contributed by atoms with Crippen LogP contribution in [0.3, 0.4) is 0 Å². The number of ether oxygens (including phenoxy) is 2. The van der Waals surface area contributed by atoms with Crippen LogP contribution < -0.4 is 5.73 Å². The number of rotatable bonds is 3. The summed E-state index contributed by atoms with van der Waals surface area (Å²) < 4.78 is 11.9. The van der Waals surface area contributed by atoms with Gasteiger partial charge in [-0.25, -0.2) is 9.97 Å². The second-order valence-electron chi connectivity index (χ2n) is 5.46. The van der Waals surface area contributed by atoms with Crippen molar-refractivity contribution < 1.29 is 19.1 Å². The average molecular weight is 344 g/mol. The predicted octanol–water partition coefficient (Wildman–Crippen LogP) is -0.130. The SMILES string of the molecule is CC1(C)OC(=O)C(CCn2cnc3nc(N)ncc32)C(=O)O1.[K]. The van der Waals surface area contributed by atoms with Gasteiger partial charge in [-0.15, -0.1) is 0 Å². The molecule has 1 fully saturated rings. The van der Waals surface area contributed by atoms with Crippen molar-refractivity contribution in [2.45, 2.75) is 32.6 Å². The van der Waals surface area contributed by atoms with Gasteiger partial charge < -0.3 is 19.8 Å². The number of nitrogens with two attached hydrogens (primary N) is 1. The third-order valence-electron chi connectivity index (χ3n) is 3.32. The number of hydrogen-bond acceptors (Lipinski definition) is 8. The van der Waals surface area contributed by atoms with E-state index < -0.39 is 23.6 Å². The van der Waals surface area contributed by atoms with Gasteiger partial charge in [0.05, 0.1) is 12.5 Å². The number of aromatic nitrogens is 4. The molecular formula is C13H15KN5O4. The van der Waals surface area contributed by atoms with E-state index in [1.165, 1.54) is 13.8 Å². The van der Waals surface area contributed by atoms with Crippen molar-refractivity contribution in [1.29, 1.82) is 0 Å². The molecule has 23 heavy (non-hydrogen) atoms. The number of nitrogens with zero attached hydrogens (tertiary/aromatic N) is 4. The van der Waals surface area contributed by atoms with Gasteiger partial charge in [0.15, 0.2) is 11.6 Å². The molecule has 0 unspecified atom stereocenters. The molecule has 0 bridgehead atoms. The zero-order valence-electron chi connectivity index (χ0n) is 13.1. The van der Waals surface area contributed by atoms with Crippen molar-refractivity contribution in [1.82, 2.24) is 19.5 Å². The number of esters is 2. The van der Waals surface area contributed by atoms with Crippen molar-refractivity contribution in [3.63, 3.8) is 0 Å². The summed E-state index contributed by atoms with van der Waals surface area (Å²) >= 11 is 0. The Bertz CT molecular complexity index is 740. The summed E-state index contributed by atoms with van der Waals surface area (Å²) in [4.78, 5) is 35.8. The number of aryl methyl sites for hydroxylation is 1. The Balaban J connectivity index is 0.00000192. The van der Waals surface area contributed by atoms with Gasteiger partial charge in [0.25, 0.3) is 5.79 Å². The first-order chi connectivity index (χ1) is 10.4. The molecular weight excluding hydrogens is 329 g/mol. The number of carbonyl (C=O) groups is 2. The molecule has 1 radical (unpaired) electrons. The number of nitrogen functional groups attached to an aromatic ring is 1. The summed E-state index contributed by atoms with van der Waals surface area (Å²) in [6.07, 6.45) is 3.34. The first-order valence-electron chi connectivity index (χ1n) is 6.75. The molecule has 1 saturated heterocycles. The maximum atomic E-state index is 11.9. The molecule has 2 N–H and O–H groups in total. The van der Waals surface area contributed by atoms with Crippen molar-refractivity contribution >= 4 is 80.4 Å². The van der Waals surface area contributed by atoms with Gasteiger partial charge in [-0.2, -0.15) is 4.98 Å². The molecule has 2 aromatic heterocycles. The number of carbonyl (C=O) groups excluding carboxylic acids is 2. The fourth-order valence-corrected chi connectivity index (χ4v) is 2.29. The fraction of sp³-hybridized carbons (Fsp3) is 0.462. The largest absolute Gasteiger partial charge is 0.422 e. The minimum absolute atomic E-state index is 0. The quantitative estimate of drug-likeness (QED) is 0.464. The fourth-order valence-electron chi connectivity index (χ4n) is 2.29. The van der Waals surface area contributed by atoms with Gasteiger partial charge in [0.1, 0.15) is 5.52 Å². The Morgan fingerprint density at radius 2 is 1.91 bits per heavy atom. The van der Waals surface area contributed by atoms with E-state index in [9.17, 15) is 9.59 Å². The Labute approximate surface area is 174 Å². The monoisotopic (exact) mass is 344 g/mol. The Kier molecular flexibility index (Phi) is 5.41. The van der Waals surface area contributed by atoms with Crippen LogP contribution in [0.5, 0.6) is 0 Å². The zero-order valence-corrected chi connectivity index (χ0v) is 16.3. The Hall–Kier alpha value is -1.07. The normalized spacial score (nSPS) is 17.5. The minimum Gasteiger partial charge on any atom is -0.422 e. The van der Waals surface area contributed by atoms with Crippen LogP contribution in [0.2, 0.25) is 0 Å². The Morgan fingerprint density at radius 1 is 1.26 bits per heavy atom. The van der Waals surface area contributed by atoms with Crippen molar-refractivity contribution in [3.8, 4) is 0 Å². The van der Waals surface area contributed by atoms with E-state index in [1.54, 1.807) is 17.1 Å². The van der Waals surface area contributed by atoms with Gasteiger partial charge in [0.2, 0.25) is 5.95 Å². The summed E-state index contributed by atoms with van der Waals surface area (Å²) in [5.41, 5.74) is 6.63. The van der Waals surface area contributed by atoms with E-state index in [0.29, 0.717) is 17.7 Å². The molecule has 0 aromatic carbocycles. The molecule has 0 atom stereocenters. The second kappa shape index (κ2) is 6.81. The smallest absolute Gasteiger partial charge is 0.323 e. The number of fused-ring (bicyclic) bond motifs is 1. The van der Waals surface area contributed by atoms with Crippen LogP contribution in [0, 0.1) is 5.92 Å². The second-order valence-corrected chi connectivity index (χ2v) is 5.46. The Morgan fingerprint density at radius 3 is 2.57 bits per heavy atom. The van der Waals surface area contributed by atoms with E-state index in [-0.39, 0.29) is 63.8 Å². The summed E-state index contributed by atoms with van der Waals surface area (Å²) in [5.74, 6) is -3.17. The molecule has 3 heterocycles. The van der Waals surface area contributed by atoms with Gasteiger partial charge in [0, 0.05) is 71.8 Å². The van der Waals surface area contributed by atoms with E-state index in [1.807, 2.05) is 0 Å². The van der Waals surface area contributed by atoms with Gasteiger partial charge in [-0.3, -0.25) is 9.59 Å². The summed E-state index contributed by atoms with van der Waals surface area (Å²) in [7, 11) is 0. The number of anilines is 1. The minimum atomic E-state index is -1.21. The van der Waals surface area contributed by atoms with Crippen LogP contribution in [-0.4, -0.2) is 88.6 Å². The van der Waals surface area contributed by atoms with Crippen LogP contribution in [-0.2, 0) is 25.6 Å².